The molecular weight excluding hydrogens is 380 g/mol. The Morgan fingerprint density at radius 1 is 1.16 bits per heavy atom. The van der Waals surface area contributed by atoms with Gasteiger partial charge in [0, 0.05) is 17.0 Å². The molecule has 0 radical (unpaired) electrons. The van der Waals surface area contributed by atoms with Crippen molar-refractivity contribution in [3.05, 3.63) is 76.3 Å². The van der Waals surface area contributed by atoms with Gasteiger partial charge in [-0.15, -0.1) is 0 Å². The minimum atomic E-state index is -0.218. The van der Waals surface area contributed by atoms with Gasteiger partial charge in [0.1, 0.15) is 12.4 Å². The summed E-state index contributed by atoms with van der Waals surface area (Å²) in [6.07, 6.45) is 1.57. The van der Waals surface area contributed by atoms with Crippen molar-refractivity contribution in [1.82, 2.24) is 5.43 Å². The van der Waals surface area contributed by atoms with Crippen LogP contribution in [0.5, 0.6) is 5.75 Å². The Labute approximate surface area is 154 Å². The van der Waals surface area contributed by atoms with E-state index in [-0.39, 0.29) is 5.91 Å². The Kier molecular flexibility index (Phi) is 5.46. The molecule has 1 amide bonds. The van der Waals surface area contributed by atoms with Crippen LogP contribution in [0.4, 0.5) is 0 Å². The van der Waals surface area contributed by atoms with Gasteiger partial charge in [-0.05, 0) is 34.5 Å². The number of benzene rings is 3. The van der Waals surface area contributed by atoms with Gasteiger partial charge >= 0.3 is 0 Å². The fourth-order valence-corrected chi connectivity index (χ4v) is 2.90. The van der Waals surface area contributed by atoms with Crippen molar-refractivity contribution < 1.29 is 9.53 Å². The Bertz CT molecular complexity index is 933. The van der Waals surface area contributed by atoms with E-state index < -0.39 is 0 Å². The number of amides is 1. The van der Waals surface area contributed by atoms with Gasteiger partial charge < -0.3 is 4.74 Å². The quantitative estimate of drug-likeness (QED) is 0.503. The zero-order valence-corrected chi connectivity index (χ0v) is 15.3. The van der Waals surface area contributed by atoms with Crippen LogP contribution in [0.15, 0.2) is 70.2 Å². The molecule has 3 aromatic rings. The topological polar surface area (TPSA) is 50.7 Å². The van der Waals surface area contributed by atoms with E-state index in [4.69, 9.17) is 4.74 Å². The summed E-state index contributed by atoms with van der Waals surface area (Å²) in [7, 11) is 0. The number of hydrazone groups is 1. The van der Waals surface area contributed by atoms with Crippen LogP contribution < -0.4 is 10.2 Å². The highest BCUT2D eigenvalue weighted by Crippen LogP contribution is 2.25. The summed E-state index contributed by atoms with van der Waals surface area (Å²) in [5, 5.41) is 6.29. The molecule has 5 heteroatoms. The first-order valence-corrected chi connectivity index (χ1v) is 8.61. The number of halogens is 1. The zero-order chi connectivity index (χ0) is 17.6. The second kappa shape index (κ2) is 7.94. The first-order chi connectivity index (χ1) is 12.1. The van der Waals surface area contributed by atoms with Crippen LogP contribution in [0.1, 0.15) is 18.1 Å². The molecule has 25 heavy (non-hydrogen) atoms. The molecular formula is C20H17BrN2O2. The Morgan fingerprint density at radius 2 is 1.96 bits per heavy atom. The molecule has 4 nitrogen and oxygen atoms in total. The SMILES string of the molecule is CC(=O)N/N=C\c1cc(Br)ccc1OCc1cccc2ccccc12. The van der Waals surface area contributed by atoms with E-state index in [0.717, 1.165) is 15.6 Å². The molecule has 0 aliphatic heterocycles. The average molecular weight is 397 g/mol. The van der Waals surface area contributed by atoms with Gasteiger partial charge in [-0.3, -0.25) is 4.79 Å². The van der Waals surface area contributed by atoms with Crippen molar-refractivity contribution in [2.75, 3.05) is 0 Å². The van der Waals surface area contributed by atoms with Crippen LogP contribution in [0.2, 0.25) is 0 Å². The first-order valence-electron chi connectivity index (χ1n) is 7.82. The van der Waals surface area contributed by atoms with E-state index in [2.05, 4.69) is 50.7 Å². The molecule has 0 aliphatic carbocycles. The summed E-state index contributed by atoms with van der Waals surface area (Å²) in [5.41, 5.74) is 4.30. The molecule has 0 aliphatic rings. The maximum Gasteiger partial charge on any atom is 0.236 e. The molecule has 0 spiro atoms. The van der Waals surface area contributed by atoms with Crippen molar-refractivity contribution in [3.63, 3.8) is 0 Å². The largest absolute Gasteiger partial charge is 0.488 e. The molecule has 0 heterocycles. The molecule has 0 bridgehead atoms. The standard InChI is InChI=1S/C20H17BrN2O2/c1-14(24)23-22-12-17-11-18(21)9-10-20(17)25-13-16-7-4-6-15-5-2-3-8-19(15)16/h2-12H,13H2,1H3,(H,23,24)/b22-12-. The average Bonchev–Trinajstić information content (AvgIpc) is 2.61. The smallest absolute Gasteiger partial charge is 0.236 e. The molecule has 0 fully saturated rings. The highest BCUT2D eigenvalue weighted by molar-refractivity contribution is 9.10. The number of nitrogens with zero attached hydrogens (tertiary/aromatic N) is 1. The normalized spacial score (nSPS) is 11.0. The van der Waals surface area contributed by atoms with Crippen LogP contribution in [0.3, 0.4) is 0 Å². The summed E-state index contributed by atoms with van der Waals surface area (Å²) >= 11 is 3.44. The minimum Gasteiger partial charge on any atom is -0.488 e. The number of nitrogens with one attached hydrogen (secondary N) is 1. The van der Waals surface area contributed by atoms with Crippen molar-refractivity contribution >= 4 is 38.8 Å². The van der Waals surface area contributed by atoms with Crippen LogP contribution in [-0.4, -0.2) is 12.1 Å². The molecule has 0 saturated heterocycles. The van der Waals surface area contributed by atoms with Gasteiger partial charge in [0.05, 0.1) is 6.21 Å². The Hall–Kier alpha value is -2.66. The summed E-state index contributed by atoms with van der Waals surface area (Å²) in [6.45, 7) is 1.86. The molecule has 3 rings (SSSR count). The summed E-state index contributed by atoms with van der Waals surface area (Å²) in [6, 6.07) is 20.1. The lowest BCUT2D eigenvalue weighted by molar-refractivity contribution is -0.118. The van der Waals surface area contributed by atoms with Gasteiger partial charge in [0.15, 0.2) is 0 Å². The summed E-state index contributed by atoms with van der Waals surface area (Å²) in [4.78, 5) is 11.0. The number of hydrogen-bond donors (Lipinski definition) is 1. The van der Waals surface area contributed by atoms with E-state index in [9.17, 15) is 4.79 Å². The highest BCUT2D eigenvalue weighted by Gasteiger charge is 2.06. The fourth-order valence-electron chi connectivity index (χ4n) is 2.52. The number of fused-ring (bicyclic) bond motifs is 1. The second-order valence-corrected chi connectivity index (χ2v) is 6.45. The number of carbonyl (C=O) groups is 1. The van der Waals surface area contributed by atoms with E-state index >= 15 is 0 Å². The molecule has 0 unspecified atom stereocenters. The monoisotopic (exact) mass is 396 g/mol. The predicted molar refractivity (Wildman–Crippen MR) is 104 cm³/mol. The molecule has 0 aromatic heterocycles. The third-order valence-corrected chi connectivity index (χ3v) is 4.15. The van der Waals surface area contributed by atoms with Crippen LogP contribution in [-0.2, 0) is 11.4 Å². The van der Waals surface area contributed by atoms with Gasteiger partial charge in [0.25, 0.3) is 0 Å². The highest BCUT2D eigenvalue weighted by atomic mass is 79.9. The van der Waals surface area contributed by atoms with Gasteiger partial charge in [-0.2, -0.15) is 5.10 Å². The maximum absolute atomic E-state index is 11.0. The summed E-state index contributed by atoms with van der Waals surface area (Å²) < 4.78 is 6.93. The van der Waals surface area contributed by atoms with Crippen LogP contribution in [0, 0.1) is 0 Å². The zero-order valence-electron chi connectivity index (χ0n) is 13.7. The van der Waals surface area contributed by atoms with E-state index in [0.29, 0.717) is 12.4 Å². The minimum absolute atomic E-state index is 0.218. The number of ether oxygens (including phenoxy) is 1. The van der Waals surface area contributed by atoms with Crippen molar-refractivity contribution in [2.24, 2.45) is 5.10 Å². The molecule has 1 N–H and O–H groups in total. The third kappa shape index (κ3) is 4.45. The van der Waals surface area contributed by atoms with Gasteiger partial charge in [0.2, 0.25) is 5.91 Å². The predicted octanol–water partition coefficient (Wildman–Crippen LogP) is 4.65. The van der Waals surface area contributed by atoms with Gasteiger partial charge in [-0.1, -0.05) is 58.4 Å². The molecule has 0 atom stereocenters. The number of hydrogen-bond acceptors (Lipinski definition) is 3. The lowest BCUT2D eigenvalue weighted by atomic mass is 10.1. The van der Waals surface area contributed by atoms with E-state index in [1.165, 1.54) is 17.7 Å². The van der Waals surface area contributed by atoms with Gasteiger partial charge in [-0.25, -0.2) is 5.43 Å². The van der Waals surface area contributed by atoms with Crippen LogP contribution in [0.25, 0.3) is 10.8 Å². The lowest BCUT2D eigenvalue weighted by Crippen LogP contribution is -2.12. The molecule has 126 valence electrons. The van der Waals surface area contributed by atoms with Crippen molar-refractivity contribution in [1.29, 1.82) is 0 Å². The fraction of sp³-hybridized carbons (Fsp3) is 0.100. The van der Waals surface area contributed by atoms with Crippen LogP contribution >= 0.6 is 15.9 Å². The third-order valence-electron chi connectivity index (χ3n) is 3.66. The Morgan fingerprint density at radius 3 is 2.80 bits per heavy atom. The van der Waals surface area contributed by atoms with Crippen molar-refractivity contribution in [3.8, 4) is 5.75 Å². The van der Waals surface area contributed by atoms with E-state index in [1.54, 1.807) is 6.21 Å². The van der Waals surface area contributed by atoms with Crippen molar-refractivity contribution in [2.45, 2.75) is 13.5 Å². The lowest BCUT2D eigenvalue weighted by Gasteiger charge is -2.11. The van der Waals surface area contributed by atoms with E-state index in [1.807, 2.05) is 36.4 Å². The number of rotatable bonds is 5. The summed E-state index contributed by atoms with van der Waals surface area (Å²) in [5.74, 6) is 0.481. The Balaban J connectivity index is 1.83. The first kappa shape index (κ1) is 17.2. The maximum atomic E-state index is 11.0. The number of carbonyl (C=O) groups excluding carboxylic acids is 1. The molecule has 3 aromatic carbocycles. The second-order valence-electron chi connectivity index (χ2n) is 5.54. The molecule has 0 saturated carbocycles.